The van der Waals surface area contributed by atoms with Crippen molar-refractivity contribution in [1.82, 2.24) is 15.0 Å². The summed E-state index contributed by atoms with van der Waals surface area (Å²) in [5, 5.41) is 11.7. The third kappa shape index (κ3) is 4.03. The predicted molar refractivity (Wildman–Crippen MR) is 126 cm³/mol. The number of H-pyrrole nitrogens is 3. The van der Waals surface area contributed by atoms with Crippen LogP contribution < -0.4 is 20.6 Å². The number of hydrogen-bond acceptors (Lipinski definition) is 7. The average molecular weight is 462 g/mol. The van der Waals surface area contributed by atoms with Crippen LogP contribution in [0.3, 0.4) is 0 Å². The molecule has 2 aromatic heterocycles. The van der Waals surface area contributed by atoms with Gasteiger partial charge in [-0.3, -0.25) is 14.6 Å². The lowest BCUT2D eigenvalue weighted by molar-refractivity contribution is 0.297. The van der Waals surface area contributed by atoms with E-state index in [-0.39, 0.29) is 27.3 Å². The summed E-state index contributed by atoms with van der Waals surface area (Å²) < 4.78 is 11.4. The molecule has 0 unspecified atom stereocenters. The minimum atomic E-state index is -0.654. The Labute approximate surface area is 191 Å². The van der Waals surface area contributed by atoms with E-state index in [1.165, 1.54) is 0 Å². The van der Waals surface area contributed by atoms with Crippen molar-refractivity contribution >= 4 is 34.4 Å². The largest absolute Gasteiger partial charge is 0.494 e. The van der Waals surface area contributed by atoms with Gasteiger partial charge >= 0.3 is 0 Å². The topological polar surface area (TPSA) is 133 Å². The fraction of sp³-hybridized carbons (Fsp3) is 0.130. The fourth-order valence-corrected chi connectivity index (χ4v) is 3.82. The molecule has 3 heterocycles. The zero-order valence-electron chi connectivity index (χ0n) is 17.2. The summed E-state index contributed by atoms with van der Waals surface area (Å²) in [4.78, 5) is 37.8. The van der Waals surface area contributed by atoms with Crippen molar-refractivity contribution in [3.63, 3.8) is 0 Å². The minimum Gasteiger partial charge on any atom is -0.494 e. The molecule has 33 heavy (non-hydrogen) atoms. The van der Waals surface area contributed by atoms with E-state index in [4.69, 9.17) is 21.7 Å². The third-order valence-corrected chi connectivity index (χ3v) is 5.34. The molecule has 1 aliphatic heterocycles. The lowest BCUT2D eigenvalue weighted by Gasteiger charge is -2.11. The van der Waals surface area contributed by atoms with Crippen LogP contribution in [-0.4, -0.2) is 39.0 Å². The van der Waals surface area contributed by atoms with Gasteiger partial charge in [0.05, 0.1) is 24.6 Å². The zero-order chi connectivity index (χ0) is 22.9. The summed E-state index contributed by atoms with van der Waals surface area (Å²) in [6, 6.07) is 13.8. The highest BCUT2D eigenvalue weighted by atomic mass is 32.1. The Kier molecular flexibility index (Phi) is 5.27. The van der Waals surface area contributed by atoms with Crippen LogP contribution in [0, 0.1) is 4.77 Å². The summed E-state index contributed by atoms with van der Waals surface area (Å²) in [5.41, 5.74) is -0.437. The van der Waals surface area contributed by atoms with Crippen LogP contribution in [0.2, 0.25) is 0 Å². The van der Waals surface area contributed by atoms with Gasteiger partial charge in [0, 0.05) is 17.9 Å². The van der Waals surface area contributed by atoms with E-state index < -0.39 is 11.4 Å². The van der Waals surface area contributed by atoms with Crippen LogP contribution in [-0.2, 0) is 0 Å². The van der Waals surface area contributed by atoms with Gasteiger partial charge in [-0.05, 0) is 41.9 Å². The van der Waals surface area contributed by atoms with Crippen LogP contribution in [0.25, 0.3) is 10.8 Å². The summed E-state index contributed by atoms with van der Waals surface area (Å²) in [5.74, 6) is 0.646. The number of fused-ring (bicyclic) bond motifs is 2. The maximum absolute atomic E-state index is 12.8. The number of hydrogen-bond donors (Lipinski definition) is 4. The molecule has 4 aromatic rings. The normalized spacial score (nSPS) is 13.6. The Balaban J connectivity index is 1.76. The van der Waals surface area contributed by atoms with Crippen LogP contribution in [0.15, 0.2) is 63.1 Å². The van der Waals surface area contributed by atoms with Crippen molar-refractivity contribution in [3.05, 3.63) is 85.3 Å². The number of nitrogens with one attached hydrogen (secondary N) is 3. The second kappa shape index (κ2) is 8.40. The number of benzene rings is 2. The number of pyridine rings is 1. The fourth-order valence-electron chi connectivity index (χ4n) is 3.63. The molecule has 0 atom stereocenters. The van der Waals surface area contributed by atoms with Crippen molar-refractivity contribution in [2.24, 2.45) is 4.99 Å². The van der Waals surface area contributed by atoms with E-state index in [1.54, 1.807) is 48.5 Å². The standard InChI is InChI=1S/C23H18N4O5S/c28-20-14-5-2-1-4-12(14)10-15(25-20)19(18-21(29)26-23(33)27-22(18)30)24-13-6-7-16-17(11-13)32-9-3-8-31-16/h1-2,4-7,10-11H,3,8-9H2,(H,25,28)(H3,26,27,29,30,33). The Morgan fingerprint density at radius 3 is 2.55 bits per heavy atom. The van der Waals surface area contributed by atoms with Gasteiger partial charge in [0.25, 0.3) is 11.1 Å². The molecule has 0 saturated heterocycles. The van der Waals surface area contributed by atoms with Gasteiger partial charge in [0.15, 0.2) is 16.3 Å². The molecule has 0 amide bonds. The number of aromatic amines is 3. The van der Waals surface area contributed by atoms with Crippen molar-refractivity contribution in [2.75, 3.05) is 13.2 Å². The first-order chi connectivity index (χ1) is 16.0. The van der Waals surface area contributed by atoms with E-state index in [0.717, 1.165) is 6.42 Å². The molecule has 2 aromatic carbocycles. The molecule has 0 bridgehead atoms. The van der Waals surface area contributed by atoms with E-state index in [9.17, 15) is 14.7 Å². The number of nitrogens with zero attached hydrogens (tertiary/aromatic N) is 1. The first kappa shape index (κ1) is 20.7. The summed E-state index contributed by atoms with van der Waals surface area (Å²) >= 11 is 4.94. The summed E-state index contributed by atoms with van der Waals surface area (Å²) in [7, 11) is 0. The van der Waals surface area contributed by atoms with Crippen LogP contribution in [0.5, 0.6) is 17.4 Å². The van der Waals surface area contributed by atoms with Gasteiger partial charge in [0.1, 0.15) is 11.3 Å². The number of ether oxygens (including phenoxy) is 2. The third-order valence-electron chi connectivity index (χ3n) is 5.14. The van der Waals surface area contributed by atoms with E-state index in [1.807, 2.05) is 0 Å². The molecule has 0 fully saturated rings. The van der Waals surface area contributed by atoms with E-state index in [2.05, 4.69) is 19.9 Å². The second-order valence-corrected chi connectivity index (χ2v) is 7.78. The first-order valence-corrected chi connectivity index (χ1v) is 10.6. The van der Waals surface area contributed by atoms with Gasteiger partial charge < -0.3 is 24.5 Å². The van der Waals surface area contributed by atoms with Crippen LogP contribution in [0.1, 0.15) is 17.7 Å². The lowest BCUT2D eigenvalue weighted by Crippen LogP contribution is -2.23. The maximum Gasteiger partial charge on any atom is 0.265 e. The van der Waals surface area contributed by atoms with Gasteiger partial charge in [-0.2, -0.15) is 0 Å². The minimum absolute atomic E-state index is 0.0387. The van der Waals surface area contributed by atoms with E-state index >= 15 is 0 Å². The molecular weight excluding hydrogens is 444 g/mol. The van der Waals surface area contributed by atoms with Gasteiger partial charge in [0.2, 0.25) is 5.88 Å². The van der Waals surface area contributed by atoms with Crippen molar-refractivity contribution in [3.8, 4) is 17.4 Å². The summed E-state index contributed by atoms with van der Waals surface area (Å²) in [6.07, 6.45) is 0.753. The van der Waals surface area contributed by atoms with E-state index in [0.29, 0.717) is 41.2 Å². The van der Waals surface area contributed by atoms with Crippen LogP contribution >= 0.6 is 12.2 Å². The Morgan fingerprint density at radius 1 is 0.939 bits per heavy atom. The molecule has 9 nitrogen and oxygen atoms in total. The van der Waals surface area contributed by atoms with Gasteiger partial charge in [-0.15, -0.1) is 0 Å². The average Bonchev–Trinajstić information content (AvgIpc) is 3.03. The molecule has 0 spiro atoms. The van der Waals surface area contributed by atoms with Crippen molar-refractivity contribution in [1.29, 1.82) is 0 Å². The lowest BCUT2D eigenvalue weighted by atomic mass is 10.1. The molecule has 5 rings (SSSR count). The number of rotatable bonds is 3. The zero-order valence-corrected chi connectivity index (χ0v) is 18.0. The molecular formula is C23H18N4O5S. The molecule has 1 aliphatic rings. The predicted octanol–water partition coefficient (Wildman–Crippen LogP) is 3.31. The van der Waals surface area contributed by atoms with Crippen molar-refractivity contribution < 1.29 is 14.6 Å². The molecule has 0 radical (unpaired) electrons. The molecule has 166 valence electrons. The first-order valence-electron chi connectivity index (χ1n) is 10.2. The maximum atomic E-state index is 12.8. The Morgan fingerprint density at radius 2 is 1.73 bits per heavy atom. The SMILES string of the molecule is O=c1[nH]c(=S)[nH]c(O)c1C(=Nc1ccc2c(c1)OCCCO2)c1cc2ccccc2c(=O)[nH]1. The van der Waals surface area contributed by atoms with Gasteiger partial charge in [-0.25, -0.2) is 4.99 Å². The number of aliphatic imine (C=N–C) groups is 1. The Bertz CT molecular complexity index is 1580. The van der Waals surface area contributed by atoms with Crippen LogP contribution in [0.4, 0.5) is 5.69 Å². The second-order valence-electron chi connectivity index (χ2n) is 7.37. The smallest absolute Gasteiger partial charge is 0.265 e. The monoisotopic (exact) mass is 462 g/mol. The van der Waals surface area contributed by atoms with Crippen molar-refractivity contribution in [2.45, 2.75) is 6.42 Å². The number of aromatic nitrogens is 3. The highest BCUT2D eigenvalue weighted by Crippen LogP contribution is 2.34. The highest BCUT2D eigenvalue weighted by Gasteiger charge is 2.20. The molecule has 0 aliphatic carbocycles. The highest BCUT2D eigenvalue weighted by molar-refractivity contribution is 7.71. The quantitative estimate of drug-likeness (QED) is 0.273. The number of aromatic hydroxyl groups is 1. The molecule has 4 N–H and O–H groups in total. The molecule has 0 saturated carbocycles. The molecule has 10 heteroatoms. The Hall–Kier alpha value is -4.18. The summed E-state index contributed by atoms with van der Waals surface area (Å²) in [6.45, 7) is 1.05. The van der Waals surface area contributed by atoms with Gasteiger partial charge in [-0.1, -0.05) is 18.2 Å².